The van der Waals surface area contributed by atoms with Crippen LogP contribution < -0.4 is 11.0 Å². The number of benzene rings is 2. The summed E-state index contributed by atoms with van der Waals surface area (Å²) in [4.78, 5) is 36.4. The van der Waals surface area contributed by atoms with Gasteiger partial charge in [0, 0.05) is 5.69 Å². The highest BCUT2D eigenvalue weighted by molar-refractivity contribution is 7.18. The summed E-state index contributed by atoms with van der Waals surface area (Å²) in [5.74, 6) is -0.0646. The maximum atomic E-state index is 12.6. The molecule has 1 amide bonds. The van der Waals surface area contributed by atoms with Crippen LogP contribution >= 0.6 is 11.3 Å². The highest BCUT2D eigenvalue weighted by atomic mass is 32.1. The lowest BCUT2D eigenvalue weighted by Crippen LogP contribution is -2.32. The molecule has 0 spiro atoms. The van der Waals surface area contributed by atoms with Gasteiger partial charge in [0.25, 0.3) is 0 Å². The van der Waals surface area contributed by atoms with Crippen molar-refractivity contribution in [3.05, 3.63) is 58.0 Å². The van der Waals surface area contributed by atoms with E-state index in [4.69, 9.17) is 4.98 Å². The van der Waals surface area contributed by atoms with Crippen LogP contribution in [0.4, 0.5) is 5.69 Å². The number of rotatable bonds is 4. The number of likely N-dealkylation sites (tertiary alicyclic amines) is 1. The smallest absolute Gasteiger partial charge is 0.323 e. The number of hydrogen-bond acceptors (Lipinski definition) is 5. The van der Waals surface area contributed by atoms with E-state index in [1.54, 1.807) is 29.5 Å². The van der Waals surface area contributed by atoms with Crippen LogP contribution in [0.1, 0.15) is 23.9 Å². The van der Waals surface area contributed by atoms with Crippen molar-refractivity contribution < 1.29 is 4.79 Å². The molecule has 1 aliphatic rings. The summed E-state index contributed by atoms with van der Waals surface area (Å²) < 4.78 is 1.18. The first-order chi connectivity index (χ1) is 13.7. The molecule has 1 saturated heterocycles. The molecule has 7 nitrogen and oxygen atoms in total. The van der Waals surface area contributed by atoms with Crippen molar-refractivity contribution in [1.82, 2.24) is 19.9 Å². The first-order valence-electron chi connectivity index (χ1n) is 9.27. The van der Waals surface area contributed by atoms with E-state index in [0.717, 1.165) is 35.4 Å². The fraction of sp³-hybridized carbons (Fsp3) is 0.250. The van der Waals surface area contributed by atoms with E-state index in [9.17, 15) is 9.59 Å². The van der Waals surface area contributed by atoms with Crippen molar-refractivity contribution in [3.63, 3.8) is 0 Å². The van der Waals surface area contributed by atoms with Crippen molar-refractivity contribution in [3.8, 4) is 0 Å². The topological polar surface area (TPSA) is 93.9 Å². The molecular weight excluding hydrogens is 374 g/mol. The van der Waals surface area contributed by atoms with E-state index < -0.39 is 0 Å². The van der Waals surface area contributed by atoms with E-state index in [1.165, 1.54) is 4.70 Å². The molecule has 3 heterocycles. The Hall–Kier alpha value is -2.97. The van der Waals surface area contributed by atoms with E-state index in [0.29, 0.717) is 17.7 Å². The van der Waals surface area contributed by atoms with Gasteiger partial charge >= 0.3 is 5.69 Å². The van der Waals surface area contributed by atoms with E-state index in [1.807, 2.05) is 18.2 Å². The molecule has 0 saturated carbocycles. The molecule has 0 bridgehead atoms. The number of aromatic nitrogens is 3. The molecule has 8 heteroatoms. The summed E-state index contributed by atoms with van der Waals surface area (Å²) in [7, 11) is 0. The highest BCUT2D eigenvalue weighted by Crippen LogP contribution is 2.36. The molecular formula is C20H19N5O2S. The molecule has 5 rings (SSSR count). The zero-order valence-corrected chi connectivity index (χ0v) is 15.9. The van der Waals surface area contributed by atoms with Crippen LogP contribution in [0.2, 0.25) is 0 Å². The van der Waals surface area contributed by atoms with Crippen LogP contribution in [-0.2, 0) is 4.79 Å². The molecule has 142 valence electrons. The van der Waals surface area contributed by atoms with Crippen LogP contribution in [0, 0.1) is 0 Å². The van der Waals surface area contributed by atoms with Gasteiger partial charge in [0.2, 0.25) is 5.91 Å². The number of carbonyl (C=O) groups is 1. The van der Waals surface area contributed by atoms with Gasteiger partial charge in [-0.05, 0) is 49.7 Å². The van der Waals surface area contributed by atoms with Gasteiger partial charge in [0.05, 0.1) is 33.8 Å². The van der Waals surface area contributed by atoms with E-state index >= 15 is 0 Å². The summed E-state index contributed by atoms with van der Waals surface area (Å²) in [5.41, 5.74) is 2.83. The summed E-state index contributed by atoms with van der Waals surface area (Å²) >= 11 is 1.71. The third kappa shape index (κ3) is 3.21. The lowest BCUT2D eigenvalue weighted by Gasteiger charge is -2.22. The van der Waals surface area contributed by atoms with Crippen molar-refractivity contribution in [2.45, 2.75) is 18.9 Å². The second-order valence-corrected chi connectivity index (χ2v) is 8.10. The summed E-state index contributed by atoms with van der Waals surface area (Å²) in [6.45, 7) is 1.21. The molecule has 2 aromatic carbocycles. The van der Waals surface area contributed by atoms with Crippen LogP contribution in [0.15, 0.2) is 47.3 Å². The molecule has 4 aromatic rings. The third-order valence-corrected chi connectivity index (χ3v) is 6.24. The van der Waals surface area contributed by atoms with Gasteiger partial charge in [-0.1, -0.05) is 12.1 Å². The highest BCUT2D eigenvalue weighted by Gasteiger charge is 2.30. The molecule has 0 radical (unpaired) electrons. The fourth-order valence-electron chi connectivity index (χ4n) is 3.82. The van der Waals surface area contributed by atoms with Crippen molar-refractivity contribution in [2.75, 3.05) is 18.4 Å². The molecule has 3 N–H and O–H groups in total. The molecule has 1 aliphatic heterocycles. The molecule has 0 aliphatic carbocycles. The van der Waals surface area contributed by atoms with Gasteiger partial charge < -0.3 is 15.3 Å². The number of anilines is 1. The van der Waals surface area contributed by atoms with Crippen LogP contribution in [0.5, 0.6) is 0 Å². The van der Waals surface area contributed by atoms with Gasteiger partial charge in [0.1, 0.15) is 5.01 Å². The lowest BCUT2D eigenvalue weighted by molar-refractivity contribution is -0.117. The summed E-state index contributed by atoms with van der Waals surface area (Å²) in [6.07, 6.45) is 2.08. The number of carbonyl (C=O) groups excluding carboxylic acids is 1. The number of hydrogen-bond donors (Lipinski definition) is 3. The Morgan fingerprint density at radius 2 is 2.07 bits per heavy atom. The standard InChI is InChI=1S/C20H19N5O2S/c26-18(21-12-7-8-13-15(10-12)24-20(27)23-13)11-25-9-3-5-16(25)19-22-14-4-1-2-6-17(14)28-19/h1-2,4,6-8,10,16H,3,5,9,11H2,(H,21,26)(H2,23,24,27). The number of para-hydroxylation sites is 1. The second-order valence-electron chi connectivity index (χ2n) is 7.04. The summed E-state index contributed by atoms with van der Waals surface area (Å²) in [6, 6.07) is 13.7. The Balaban J connectivity index is 1.31. The van der Waals surface area contributed by atoms with Crippen molar-refractivity contribution in [2.24, 2.45) is 0 Å². The number of nitrogens with one attached hydrogen (secondary N) is 3. The molecule has 1 atom stereocenters. The minimum absolute atomic E-state index is 0.0646. The van der Waals surface area contributed by atoms with E-state index in [-0.39, 0.29) is 17.6 Å². The first-order valence-corrected chi connectivity index (χ1v) is 10.1. The Bertz CT molecular complexity index is 1190. The molecule has 2 aromatic heterocycles. The number of amides is 1. The number of aromatic amines is 2. The number of nitrogens with zero attached hydrogens (tertiary/aromatic N) is 2. The SMILES string of the molecule is O=C(CN1CCCC1c1nc2ccccc2s1)Nc1ccc2[nH]c(=O)[nH]c2c1. The quantitative estimate of drug-likeness (QED) is 0.496. The fourth-order valence-corrected chi connectivity index (χ4v) is 4.96. The van der Waals surface area contributed by atoms with Gasteiger partial charge in [-0.15, -0.1) is 11.3 Å². The van der Waals surface area contributed by atoms with Crippen LogP contribution in [0.3, 0.4) is 0 Å². The number of fused-ring (bicyclic) bond motifs is 2. The van der Waals surface area contributed by atoms with Gasteiger partial charge in [-0.3, -0.25) is 9.69 Å². The lowest BCUT2D eigenvalue weighted by atomic mass is 10.2. The van der Waals surface area contributed by atoms with E-state index in [2.05, 4.69) is 26.3 Å². The number of H-pyrrole nitrogens is 2. The summed E-state index contributed by atoms with van der Waals surface area (Å²) in [5, 5.41) is 4.02. The van der Waals surface area contributed by atoms with Gasteiger partial charge in [-0.25, -0.2) is 9.78 Å². The largest absolute Gasteiger partial charge is 0.325 e. The molecule has 28 heavy (non-hydrogen) atoms. The maximum absolute atomic E-state index is 12.6. The van der Waals surface area contributed by atoms with Crippen molar-refractivity contribution in [1.29, 1.82) is 0 Å². The average molecular weight is 393 g/mol. The van der Waals surface area contributed by atoms with Crippen LogP contribution in [0.25, 0.3) is 21.3 Å². The molecule has 1 fully saturated rings. The Morgan fingerprint density at radius 3 is 2.96 bits per heavy atom. The zero-order chi connectivity index (χ0) is 19.1. The Kier molecular flexibility index (Phi) is 4.22. The monoisotopic (exact) mass is 393 g/mol. The molecule has 1 unspecified atom stereocenters. The third-order valence-electron chi connectivity index (χ3n) is 5.11. The van der Waals surface area contributed by atoms with Gasteiger partial charge in [-0.2, -0.15) is 0 Å². The zero-order valence-electron chi connectivity index (χ0n) is 15.1. The van der Waals surface area contributed by atoms with Crippen LogP contribution in [-0.4, -0.2) is 38.8 Å². The minimum Gasteiger partial charge on any atom is -0.325 e. The predicted molar refractivity (Wildman–Crippen MR) is 111 cm³/mol. The Labute approximate surface area is 164 Å². The first kappa shape index (κ1) is 17.2. The van der Waals surface area contributed by atoms with Crippen molar-refractivity contribution >= 4 is 44.2 Å². The minimum atomic E-state index is -0.255. The van der Waals surface area contributed by atoms with Gasteiger partial charge in [0.15, 0.2) is 0 Å². The average Bonchev–Trinajstić information content (AvgIpc) is 3.37. The number of thiazole rings is 1. The normalized spacial score (nSPS) is 17.5. The predicted octanol–water partition coefficient (Wildman–Crippen LogP) is 3.24. The maximum Gasteiger partial charge on any atom is 0.323 e. The second kappa shape index (κ2) is 6.88. The Morgan fingerprint density at radius 1 is 1.21 bits per heavy atom. The number of imidazole rings is 1.